The Morgan fingerprint density at radius 1 is 1.05 bits per heavy atom. The molecule has 4 rings (SSSR count). The van der Waals surface area contributed by atoms with Gasteiger partial charge in [0.2, 0.25) is 0 Å². The number of esters is 1. The second kappa shape index (κ2) is 12.6. The van der Waals surface area contributed by atoms with Gasteiger partial charge in [0, 0.05) is 10.4 Å². The summed E-state index contributed by atoms with van der Waals surface area (Å²) in [4.78, 5) is 38.6. The molecular formula is C29H31N3O6S. The van der Waals surface area contributed by atoms with E-state index in [1.807, 2.05) is 31.2 Å². The predicted octanol–water partition coefficient (Wildman–Crippen LogP) is 4.79. The number of ether oxygens (including phenoxy) is 3. The highest BCUT2D eigenvalue weighted by molar-refractivity contribution is 7.17. The number of thiophene rings is 1. The number of hydrogen-bond acceptors (Lipinski definition) is 8. The van der Waals surface area contributed by atoms with Crippen molar-refractivity contribution in [2.75, 3.05) is 19.0 Å². The molecule has 204 valence electrons. The van der Waals surface area contributed by atoms with Gasteiger partial charge in [-0.3, -0.25) is 9.59 Å². The van der Waals surface area contributed by atoms with Crippen LogP contribution in [0.5, 0.6) is 11.5 Å². The fraction of sp³-hybridized carbons (Fsp3) is 0.310. The van der Waals surface area contributed by atoms with Crippen LogP contribution in [-0.4, -0.2) is 37.2 Å². The van der Waals surface area contributed by atoms with E-state index in [9.17, 15) is 14.4 Å². The van der Waals surface area contributed by atoms with Crippen molar-refractivity contribution in [1.82, 2.24) is 5.43 Å². The van der Waals surface area contributed by atoms with Gasteiger partial charge in [-0.1, -0.05) is 24.3 Å². The van der Waals surface area contributed by atoms with Crippen molar-refractivity contribution in [3.8, 4) is 11.5 Å². The van der Waals surface area contributed by atoms with Crippen molar-refractivity contribution in [3.63, 3.8) is 0 Å². The molecule has 2 amide bonds. The van der Waals surface area contributed by atoms with Crippen LogP contribution in [0.1, 0.15) is 57.8 Å². The highest BCUT2D eigenvalue weighted by Gasteiger charge is 2.29. The van der Waals surface area contributed by atoms with Crippen LogP contribution >= 0.6 is 11.3 Å². The standard InChI is InChI=1S/C29H31N3O6S/c1-5-37-29(35)25-21-11-8-12-24(21)39-28(25)30-26(33)27(34)32-31-18(3)19-13-14-22(23(15-19)36-4)38-16-20-10-7-6-9-17(20)2/h6-7,9-10,13-15H,5,8,11-12,16H2,1-4H3,(H,30,33)(H,32,34)/b31-18+. The minimum Gasteiger partial charge on any atom is -0.493 e. The van der Waals surface area contributed by atoms with Gasteiger partial charge in [0.1, 0.15) is 11.6 Å². The lowest BCUT2D eigenvalue weighted by atomic mass is 10.1. The number of hydrogen-bond donors (Lipinski definition) is 2. The van der Waals surface area contributed by atoms with E-state index < -0.39 is 17.8 Å². The summed E-state index contributed by atoms with van der Waals surface area (Å²) >= 11 is 1.30. The number of rotatable bonds is 9. The summed E-state index contributed by atoms with van der Waals surface area (Å²) in [5.41, 5.74) is 6.86. The first-order chi connectivity index (χ1) is 18.8. The summed E-state index contributed by atoms with van der Waals surface area (Å²) in [6.07, 6.45) is 2.52. The number of carbonyl (C=O) groups excluding carboxylic acids is 3. The Hall–Kier alpha value is -4.18. The summed E-state index contributed by atoms with van der Waals surface area (Å²) in [5, 5.41) is 6.96. The zero-order valence-electron chi connectivity index (χ0n) is 22.4. The number of benzene rings is 2. The van der Waals surface area contributed by atoms with Crippen LogP contribution in [0, 0.1) is 6.92 Å². The normalized spacial score (nSPS) is 12.5. The monoisotopic (exact) mass is 549 g/mol. The smallest absolute Gasteiger partial charge is 0.341 e. The second-order valence-electron chi connectivity index (χ2n) is 8.96. The van der Waals surface area contributed by atoms with Gasteiger partial charge in [0.15, 0.2) is 11.5 Å². The number of carbonyl (C=O) groups is 3. The fourth-order valence-electron chi connectivity index (χ4n) is 4.26. The molecule has 2 aromatic carbocycles. The third-order valence-corrected chi connectivity index (χ3v) is 7.59. The van der Waals surface area contributed by atoms with Gasteiger partial charge < -0.3 is 19.5 Å². The average Bonchev–Trinajstić information content (AvgIpc) is 3.52. The van der Waals surface area contributed by atoms with Crippen LogP contribution in [0.15, 0.2) is 47.6 Å². The van der Waals surface area contributed by atoms with E-state index in [0.717, 1.165) is 40.8 Å². The van der Waals surface area contributed by atoms with Crippen molar-refractivity contribution in [1.29, 1.82) is 0 Å². The molecule has 0 atom stereocenters. The zero-order valence-corrected chi connectivity index (χ0v) is 23.2. The fourth-order valence-corrected chi connectivity index (χ4v) is 5.53. The highest BCUT2D eigenvalue weighted by atomic mass is 32.1. The molecule has 39 heavy (non-hydrogen) atoms. The van der Waals surface area contributed by atoms with E-state index in [0.29, 0.717) is 39.9 Å². The summed E-state index contributed by atoms with van der Waals surface area (Å²) in [5.74, 6) is -1.29. The number of nitrogens with one attached hydrogen (secondary N) is 2. The maximum atomic E-state index is 12.6. The molecule has 0 radical (unpaired) electrons. The molecule has 1 aliphatic carbocycles. The minimum absolute atomic E-state index is 0.218. The largest absolute Gasteiger partial charge is 0.493 e. The van der Waals surface area contributed by atoms with Crippen molar-refractivity contribution >= 4 is 39.8 Å². The molecule has 0 bridgehead atoms. The molecule has 10 heteroatoms. The molecule has 0 fully saturated rings. The molecule has 9 nitrogen and oxygen atoms in total. The summed E-state index contributed by atoms with van der Waals surface area (Å²) in [6.45, 7) is 6.06. The number of fused-ring (bicyclic) bond motifs is 1. The molecule has 0 saturated heterocycles. The second-order valence-corrected chi connectivity index (χ2v) is 10.1. The maximum Gasteiger partial charge on any atom is 0.341 e. The first kappa shape index (κ1) is 27.8. The lowest BCUT2D eigenvalue weighted by Gasteiger charge is -2.13. The molecule has 0 saturated carbocycles. The van der Waals surface area contributed by atoms with Gasteiger partial charge >= 0.3 is 17.8 Å². The number of anilines is 1. The first-order valence-corrected chi connectivity index (χ1v) is 13.5. The SMILES string of the molecule is CCOC(=O)c1c(NC(=O)C(=O)N/N=C(\C)c2ccc(OCc3ccccc3C)c(OC)c2)sc2c1CCC2. The molecular weight excluding hydrogens is 518 g/mol. The number of hydrazone groups is 1. The molecule has 0 aliphatic heterocycles. The number of nitrogens with zero attached hydrogens (tertiary/aromatic N) is 1. The van der Waals surface area contributed by atoms with E-state index in [-0.39, 0.29) is 6.61 Å². The van der Waals surface area contributed by atoms with Crippen molar-refractivity contribution in [2.45, 2.75) is 46.6 Å². The van der Waals surface area contributed by atoms with Gasteiger partial charge in [0.25, 0.3) is 0 Å². The molecule has 2 N–H and O–H groups in total. The van der Waals surface area contributed by atoms with E-state index in [1.165, 1.54) is 11.3 Å². The Kier molecular flexibility index (Phi) is 8.98. The molecule has 1 aliphatic rings. The van der Waals surface area contributed by atoms with Gasteiger partial charge in [-0.05, 0) is 74.9 Å². The van der Waals surface area contributed by atoms with Crippen LogP contribution < -0.4 is 20.2 Å². The van der Waals surface area contributed by atoms with Crippen LogP contribution in [0.25, 0.3) is 0 Å². The molecule has 1 heterocycles. The summed E-state index contributed by atoms with van der Waals surface area (Å²) < 4.78 is 16.6. The van der Waals surface area contributed by atoms with Crippen LogP contribution in [0.2, 0.25) is 0 Å². The van der Waals surface area contributed by atoms with E-state index in [1.54, 1.807) is 39.2 Å². The van der Waals surface area contributed by atoms with Gasteiger partial charge in [0.05, 0.1) is 25.0 Å². The van der Waals surface area contributed by atoms with E-state index in [4.69, 9.17) is 14.2 Å². The molecule has 1 aromatic heterocycles. The lowest BCUT2D eigenvalue weighted by Crippen LogP contribution is -2.33. The molecule has 3 aromatic rings. The van der Waals surface area contributed by atoms with E-state index >= 15 is 0 Å². The Morgan fingerprint density at radius 2 is 1.85 bits per heavy atom. The van der Waals surface area contributed by atoms with E-state index in [2.05, 4.69) is 15.8 Å². The Balaban J connectivity index is 1.41. The highest BCUT2D eigenvalue weighted by Crippen LogP contribution is 2.39. The Bertz CT molecular complexity index is 1430. The zero-order chi connectivity index (χ0) is 27.9. The number of amides is 2. The average molecular weight is 550 g/mol. The topological polar surface area (TPSA) is 115 Å². The first-order valence-electron chi connectivity index (χ1n) is 12.6. The minimum atomic E-state index is -0.956. The van der Waals surface area contributed by atoms with Crippen LogP contribution in [-0.2, 0) is 33.8 Å². The number of aryl methyl sites for hydroxylation is 2. The van der Waals surface area contributed by atoms with Crippen molar-refractivity contribution in [3.05, 3.63) is 75.2 Å². The third-order valence-electron chi connectivity index (χ3n) is 6.39. The molecule has 0 spiro atoms. The predicted molar refractivity (Wildman–Crippen MR) is 150 cm³/mol. The van der Waals surface area contributed by atoms with Crippen LogP contribution in [0.3, 0.4) is 0 Å². The summed E-state index contributed by atoms with van der Waals surface area (Å²) in [7, 11) is 1.54. The molecule has 0 unspecified atom stereocenters. The lowest BCUT2D eigenvalue weighted by molar-refractivity contribution is -0.136. The Labute approximate surface area is 231 Å². The van der Waals surface area contributed by atoms with Crippen molar-refractivity contribution in [2.24, 2.45) is 5.10 Å². The van der Waals surface area contributed by atoms with Gasteiger partial charge in [-0.15, -0.1) is 11.3 Å². The third kappa shape index (κ3) is 6.46. The van der Waals surface area contributed by atoms with Gasteiger partial charge in [-0.2, -0.15) is 5.10 Å². The quantitative estimate of drug-likeness (QED) is 0.172. The van der Waals surface area contributed by atoms with Crippen LogP contribution in [0.4, 0.5) is 5.00 Å². The summed E-state index contributed by atoms with van der Waals surface area (Å²) in [6, 6.07) is 13.3. The Morgan fingerprint density at radius 3 is 2.59 bits per heavy atom. The van der Waals surface area contributed by atoms with Crippen molar-refractivity contribution < 1.29 is 28.6 Å². The van der Waals surface area contributed by atoms with Gasteiger partial charge in [-0.25, -0.2) is 10.2 Å². The maximum absolute atomic E-state index is 12.6. The number of methoxy groups -OCH3 is 1.